The molecule has 0 unspecified atom stereocenters. The largest absolute Gasteiger partial charge is 0.356 e. The fraction of sp³-hybridized carbons (Fsp3) is 0.150. The molecule has 4 rings (SSSR count). The lowest BCUT2D eigenvalue weighted by molar-refractivity contribution is 0.426. The van der Waals surface area contributed by atoms with Crippen LogP contribution in [0.15, 0.2) is 63.2 Å². The van der Waals surface area contributed by atoms with E-state index in [1.54, 1.807) is 17.4 Å². The van der Waals surface area contributed by atoms with Crippen LogP contribution in [0.5, 0.6) is 0 Å². The van der Waals surface area contributed by atoms with Crippen LogP contribution < -0.4 is 5.56 Å². The van der Waals surface area contributed by atoms with E-state index in [1.165, 1.54) is 4.68 Å². The standard InChI is InChI=1S/C20H17N3O2S/c1-13-6-3-4-7-15(13)12-23-19(24)11-16(17-10-14(2)22-25-17)20(21-23)18-8-5-9-26-18/h3-11H,12H2,1-2H3. The summed E-state index contributed by atoms with van der Waals surface area (Å²) in [7, 11) is 0. The lowest BCUT2D eigenvalue weighted by atomic mass is 10.1. The summed E-state index contributed by atoms with van der Waals surface area (Å²) in [4.78, 5) is 13.7. The van der Waals surface area contributed by atoms with Crippen LogP contribution >= 0.6 is 11.3 Å². The highest BCUT2D eigenvalue weighted by molar-refractivity contribution is 7.13. The van der Waals surface area contributed by atoms with E-state index in [2.05, 4.69) is 10.3 Å². The summed E-state index contributed by atoms with van der Waals surface area (Å²) in [5.74, 6) is 0.554. The average molecular weight is 363 g/mol. The minimum absolute atomic E-state index is 0.169. The van der Waals surface area contributed by atoms with Crippen molar-refractivity contribution >= 4 is 11.3 Å². The van der Waals surface area contributed by atoms with Crippen molar-refractivity contribution in [2.24, 2.45) is 0 Å². The molecule has 0 bridgehead atoms. The summed E-state index contributed by atoms with van der Waals surface area (Å²) in [6, 6.07) is 15.4. The van der Waals surface area contributed by atoms with Crippen LogP contribution in [0.2, 0.25) is 0 Å². The lowest BCUT2D eigenvalue weighted by Crippen LogP contribution is -2.24. The second-order valence-corrected chi connectivity index (χ2v) is 7.09. The second kappa shape index (κ2) is 6.72. The molecule has 0 aliphatic rings. The average Bonchev–Trinajstić information content (AvgIpc) is 3.30. The summed E-state index contributed by atoms with van der Waals surface area (Å²) < 4.78 is 6.89. The van der Waals surface area contributed by atoms with E-state index in [9.17, 15) is 4.79 Å². The van der Waals surface area contributed by atoms with Crippen LogP contribution in [0.4, 0.5) is 0 Å². The zero-order valence-electron chi connectivity index (χ0n) is 14.5. The molecule has 0 spiro atoms. The lowest BCUT2D eigenvalue weighted by Gasteiger charge is -2.11. The fourth-order valence-electron chi connectivity index (χ4n) is 2.83. The van der Waals surface area contributed by atoms with Crippen molar-refractivity contribution in [3.05, 3.63) is 81.1 Å². The van der Waals surface area contributed by atoms with Crippen molar-refractivity contribution in [3.8, 4) is 21.9 Å². The van der Waals surface area contributed by atoms with Crippen LogP contribution in [0.25, 0.3) is 21.9 Å². The number of hydrogen-bond acceptors (Lipinski definition) is 5. The third kappa shape index (κ3) is 3.11. The molecule has 0 fully saturated rings. The zero-order valence-corrected chi connectivity index (χ0v) is 15.3. The third-order valence-electron chi connectivity index (χ3n) is 4.23. The molecule has 3 aromatic heterocycles. The zero-order chi connectivity index (χ0) is 18.1. The first-order valence-corrected chi connectivity index (χ1v) is 9.14. The van der Waals surface area contributed by atoms with Gasteiger partial charge in [0, 0.05) is 12.1 Å². The van der Waals surface area contributed by atoms with Gasteiger partial charge in [-0.3, -0.25) is 4.79 Å². The quantitative estimate of drug-likeness (QED) is 0.543. The van der Waals surface area contributed by atoms with Gasteiger partial charge in [-0.25, -0.2) is 4.68 Å². The Bertz CT molecular complexity index is 1110. The molecule has 3 heterocycles. The first-order chi connectivity index (χ1) is 12.6. The smallest absolute Gasteiger partial charge is 0.267 e. The van der Waals surface area contributed by atoms with Gasteiger partial charge in [-0.05, 0) is 36.4 Å². The van der Waals surface area contributed by atoms with Gasteiger partial charge in [-0.1, -0.05) is 35.5 Å². The Kier molecular flexibility index (Phi) is 4.26. The Morgan fingerprint density at radius 3 is 2.65 bits per heavy atom. The molecule has 6 heteroatoms. The Morgan fingerprint density at radius 2 is 1.96 bits per heavy atom. The predicted molar refractivity (Wildman–Crippen MR) is 102 cm³/mol. The SMILES string of the molecule is Cc1cc(-c2cc(=O)n(Cc3ccccc3C)nc2-c2cccs2)on1. The highest BCUT2D eigenvalue weighted by Gasteiger charge is 2.17. The molecule has 0 amide bonds. The number of hydrogen-bond donors (Lipinski definition) is 0. The van der Waals surface area contributed by atoms with Crippen LogP contribution in [-0.4, -0.2) is 14.9 Å². The van der Waals surface area contributed by atoms with Crippen molar-refractivity contribution in [3.63, 3.8) is 0 Å². The van der Waals surface area contributed by atoms with Gasteiger partial charge in [0.05, 0.1) is 22.7 Å². The molecule has 1 aromatic carbocycles. The van der Waals surface area contributed by atoms with E-state index < -0.39 is 0 Å². The normalized spacial score (nSPS) is 11.0. The minimum Gasteiger partial charge on any atom is -0.356 e. The molecule has 26 heavy (non-hydrogen) atoms. The van der Waals surface area contributed by atoms with Crippen LogP contribution in [0, 0.1) is 13.8 Å². The number of thiophene rings is 1. The Morgan fingerprint density at radius 1 is 1.12 bits per heavy atom. The van der Waals surface area contributed by atoms with Crippen LogP contribution in [-0.2, 0) is 6.54 Å². The van der Waals surface area contributed by atoms with E-state index in [-0.39, 0.29) is 5.56 Å². The molecule has 0 N–H and O–H groups in total. The fourth-order valence-corrected chi connectivity index (χ4v) is 3.55. The van der Waals surface area contributed by atoms with Gasteiger partial charge in [0.25, 0.3) is 5.56 Å². The topological polar surface area (TPSA) is 60.9 Å². The van der Waals surface area contributed by atoms with E-state index in [0.29, 0.717) is 17.9 Å². The first-order valence-electron chi connectivity index (χ1n) is 8.26. The molecule has 0 atom stereocenters. The highest BCUT2D eigenvalue weighted by atomic mass is 32.1. The van der Waals surface area contributed by atoms with Crippen molar-refractivity contribution < 1.29 is 4.52 Å². The summed E-state index contributed by atoms with van der Waals surface area (Å²) in [6.07, 6.45) is 0. The van der Waals surface area contributed by atoms with Crippen molar-refractivity contribution in [2.45, 2.75) is 20.4 Å². The molecule has 0 aliphatic carbocycles. The maximum atomic E-state index is 12.7. The van der Waals surface area contributed by atoms with Gasteiger partial charge >= 0.3 is 0 Å². The van der Waals surface area contributed by atoms with Gasteiger partial charge in [-0.15, -0.1) is 11.3 Å². The van der Waals surface area contributed by atoms with E-state index >= 15 is 0 Å². The number of aromatic nitrogens is 3. The Balaban J connectivity index is 1.86. The first kappa shape index (κ1) is 16.5. The van der Waals surface area contributed by atoms with Crippen molar-refractivity contribution in [2.75, 3.05) is 0 Å². The van der Waals surface area contributed by atoms with Gasteiger partial charge in [0.1, 0.15) is 5.69 Å². The van der Waals surface area contributed by atoms with E-state index in [4.69, 9.17) is 4.52 Å². The van der Waals surface area contributed by atoms with Gasteiger partial charge in [-0.2, -0.15) is 5.10 Å². The third-order valence-corrected chi connectivity index (χ3v) is 5.10. The number of benzene rings is 1. The molecule has 4 aromatic rings. The number of aryl methyl sites for hydroxylation is 2. The van der Waals surface area contributed by atoms with Gasteiger partial charge in [0.15, 0.2) is 5.76 Å². The minimum atomic E-state index is -0.169. The van der Waals surface area contributed by atoms with E-state index in [0.717, 1.165) is 27.4 Å². The molecular formula is C20H17N3O2S. The molecule has 5 nitrogen and oxygen atoms in total. The maximum absolute atomic E-state index is 12.7. The molecule has 0 radical (unpaired) electrons. The predicted octanol–water partition coefficient (Wildman–Crippen LogP) is 4.29. The molecule has 0 aliphatic heterocycles. The van der Waals surface area contributed by atoms with Gasteiger partial charge in [0.2, 0.25) is 0 Å². The van der Waals surface area contributed by atoms with Crippen LogP contribution in [0.3, 0.4) is 0 Å². The van der Waals surface area contributed by atoms with Crippen molar-refractivity contribution in [1.29, 1.82) is 0 Å². The Labute approximate surface area is 154 Å². The molecule has 0 saturated carbocycles. The Hall–Kier alpha value is -2.99. The monoisotopic (exact) mass is 363 g/mol. The molecule has 0 saturated heterocycles. The summed E-state index contributed by atoms with van der Waals surface area (Å²) >= 11 is 1.58. The maximum Gasteiger partial charge on any atom is 0.267 e. The summed E-state index contributed by atoms with van der Waals surface area (Å²) in [5, 5.41) is 10.6. The number of rotatable bonds is 4. The highest BCUT2D eigenvalue weighted by Crippen LogP contribution is 2.32. The molecule has 130 valence electrons. The summed E-state index contributed by atoms with van der Waals surface area (Å²) in [6.45, 7) is 4.32. The second-order valence-electron chi connectivity index (χ2n) is 6.14. The summed E-state index contributed by atoms with van der Waals surface area (Å²) in [5.41, 5.74) is 4.19. The van der Waals surface area contributed by atoms with Gasteiger partial charge < -0.3 is 4.52 Å². The van der Waals surface area contributed by atoms with Crippen LogP contribution in [0.1, 0.15) is 16.8 Å². The number of nitrogens with zero attached hydrogens (tertiary/aromatic N) is 3. The van der Waals surface area contributed by atoms with E-state index in [1.807, 2.05) is 61.7 Å². The molecular weight excluding hydrogens is 346 g/mol. The van der Waals surface area contributed by atoms with Crippen molar-refractivity contribution in [1.82, 2.24) is 14.9 Å².